The molecule has 0 aliphatic heterocycles. The standard InChI is InChI=1S/C17H14F3NOS/c1-12-5-7-14(8-6-12)21-16(22)9-10-23-15-4-2-3-13(11-15)17(18,19)20/h2-11H,1H3,(H,21,22). The third kappa shape index (κ3) is 5.49. The summed E-state index contributed by atoms with van der Waals surface area (Å²) in [5, 5.41) is 4.13. The van der Waals surface area contributed by atoms with E-state index in [-0.39, 0.29) is 5.91 Å². The normalized spacial score (nSPS) is 11.7. The largest absolute Gasteiger partial charge is 0.416 e. The van der Waals surface area contributed by atoms with Crippen LogP contribution < -0.4 is 5.32 Å². The lowest BCUT2D eigenvalue weighted by atomic mass is 10.2. The van der Waals surface area contributed by atoms with E-state index in [1.807, 2.05) is 19.1 Å². The number of amides is 1. The van der Waals surface area contributed by atoms with Crippen molar-refractivity contribution in [3.63, 3.8) is 0 Å². The van der Waals surface area contributed by atoms with E-state index in [0.717, 1.165) is 29.5 Å². The van der Waals surface area contributed by atoms with Crippen molar-refractivity contribution in [3.05, 3.63) is 71.1 Å². The van der Waals surface area contributed by atoms with Gasteiger partial charge in [0.15, 0.2) is 0 Å². The van der Waals surface area contributed by atoms with Crippen molar-refractivity contribution in [2.75, 3.05) is 5.32 Å². The van der Waals surface area contributed by atoms with Crippen molar-refractivity contribution in [1.82, 2.24) is 0 Å². The fraction of sp³-hybridized carbons (Fsp3) is 0.118. The van der Waals surface area contributed by atoms with Crippen LogP contribution in [0.5, 0.6) is 0 Å². The van der Waals surface area contributed by atoms with Gasteiger partial charge in [-0.15, -0.1) is 0 Å². The molecule has 0 atom stereocenters. The summed E-state index contributed by atoms with van der Waals surface area (Å²) in [6.07, 6.45) is -3.09. The average Bonchev–Trinajstić information content (AvgIpc) is 2.49. The van der Waals surface area contributed by atoms with Crippen LogP contribution in [0, 0.1) is 6.92 Å². The van der Waals surface area contributed by atoms with Crippen LogP contribution in [0.4, 0.5) is 18.9 Å². The molecule has 0 fully saturated rings. The third-order valence-corrected chi connectivity index (χ3v) is 3.70. The Morgan fingerprint density at radius 3 is 2.48 bits per heavy atom. The molecular formula is C17H14F3NOS. The van der Waals surface area contributed by atoms with Crippen LogP contribution >= 0.6 is 11.8 Å². The minimum atomic E-state index is -4.37. The molecule has 1 N–H and O–H groups in total. The summed E-state index contributed by atoms with van der Waals surface area (Å²) >= 11 is 1.05. The molecule has 2 aromatic rings. The number of carbonyl (C=O) groups excluding carboxylic acids is 1. The Labute approximate surface area is 136 Å². The molecule has 0 aliphatic carbocycles. The number of carbonyl (C=O) groups is 1. The van der Waals surface area contributed by atoms with Gasteiger partial charge < -0.3 is 5.32 Å². The van der Waals surface area contributed by atoms with E-state index in [4.69, 9.17) is 0 Å². The van der Waals surface area contributed by atoms with Crippen LogP contribution in [0.1, 0.15) is 11.1 Å². The summed E-state index contributed by atoms with van der Waals surface area (Å²) < 4.78 is 37.8. The van der Waals surface area contributed by atoms with Gasteiger partial charge in [-0.1, -0.05) is 35.5 Å². The number of anilines is 1. The van der Waals surface area contributed by atoms with Gasteiger partial charge >= 0.3 is 6.18 Å². The fourth-order valence-corrected chi connectivity index (χ4v) is 2.44. The predicted molar refractivity (Wildman–Crippen MR) is 86.2 cm³/mol. The van der Waals surface area contributed by atoms with Crippen LogP contribution in [0.2, 0.25) is 0 Å². The zero-order valence-electron chi connectivity index (χ0n) is 12.2. The molecule has 6 heteroatoms. The second-order valence-corrected chi connectivity index (χ2v) is 5.78. The molecule has 0 aromatic heterocycles. The zero-order chi connectivity index (χ0) is 16.9. The molecule has 2 rings (SSSR count). The molecule has 0 aliphatic rings. The Hall–Kier alpha value is -2.21. The highest BCUT2D eigenvalue weighted by Gasteiger charge is 2.30. The Bertz CT molecular complexity index is 709. The Morgan fingerprint density at radius 1 is 1.13 bits per heavy atom. The summed E-state index contributed by atoms with van der Waals surface area (Å²) in [6, 6.07) is 12.3. The predicted octanol–water partition coefficient (Wildman–Crippen LogP) is 5.26. The van der Waals surface area contributed by atoms with Gasteiger partial charge in [0.1, 0.15) is 0 Å². The maximum absolute atomic E-state index is 12.6. The lowest BCUT2D eigenvalue weighted by Gasteiger charge is -2.07. The molecule has 23 heavy (non-hydrogen) atoms. The molecule has 0 saturated heterocycles. The monoisotopic (exact) mass is 337 g/mol. The fourth-order valence-electron chi connectivity index (χ4n) is 1.74. The Balaban J connectivity index is 1.93. The van der Waals surface area contributed by atoms with Crippen molar-refractivity contribution in [3.8, 4) is 0 Å². The second kappa shape index (κ2) is 7.37. The van der Waals surface area contributed by atoms with Gasteiger partial charge in [-0.2, -0.15) is 13.2 Å². The van der Waals surface area contributed by atoms with Crippen molar-refractivity contribution in [2.45, 2.75) is 18.0 Å². The summed E-state index contributed by atoms with van der Waals surface area (Å²) in [5.41, 5.74) is 1.04. The maximum atomic E-state index is 12.6. The van der Waals surface area contributed by atoms with Gasteiger partial charge in [0, 0.05) is 16.7 Å². The average molecular weight is 337 g/mol. The molecular weight excluding hydrogens is 323 g/mol. The number of benzene rings is 2. The van der Waals surface area contributed by atoms with Crippen LogP contribution in [0.25, 0.3) is 0 Å². The third-order valence-electron chi connectivity index (χ3n) is 2.90. The number of nitrogens with one attached hydrogen (secondary N) is 1. The molecule has 0 radical (unpaired) electrons. The minimum Gasteiger partial charge on any atom is -0.322 e. The number of thioether (sulfide) groups is 1. The maximum Gasteiger partial charge on any atom is 0.416 e. The first kappa shape index (κ1) is 17.1. The lowest BCUT2D eigenvalue weighted by Crippen LogP contribution is -2.07. The molecule has 0 spiro atoms. The van der Waals surface area contributed by atoms with Crippen molar-refractivity contribution in [1.29, 1.82) is 0 Å². The number of rotatable bonds is 4. The molecule has 0 saturated carbocycles. The topological polar surface area (TPSA) is 29.1 Å². The second-order valence-electron chi connectivity index (χ2n) is 4.80. The lowest BCUT2D eigenvalue weighted by molar-refractivity contribution is -0.137. The van der Waals surface area contributed by atoms with Gasteiger partial charge in [0.2, 0.25) is 5.91 Å². The number of alkyl halides is 3. The van der Waals surface area contributed by atoms with Crippen LogP contribution in [0.3, 0.4) is 0 Å². The first-order chi connectivity index (χ1) is 10.8. The molecule has 0 heterocycles. The molecule has 0 bridgehead atoms. The smallest absolute Gasteiger partial charge is 0.322 e. The van der Waals surface area contributed by atoms with Crippen molar-refractivity contribution >= 4 is 23.4 Å². The number of aryl methyl sites for hydroxylation is 1. The van der Waals surface area contributed by atoms with E-state index < -0.39 is 11.7 Å². The van der Waals surface area contributed by atoms with Crippen molar-refractivity contribution in [2.24, 2.45) is 0 Å². The van der Waals surface area contributed by atoms with Crippen molar-refractivity contribution < 1.29 is 18.0 Å². The van der Waals surface area contributed by atoms with Gasteiger partial charge in [0.05, 0.1) is 5.56 Å². The van der Waals surface area contributed by atoms with Gasteiger partial charge in [-0.3, -0.25) is 4.79 Å². The summed E-state index contributed by atoms with van der Waals surface area (Å²) in [5.74, 6) is -0.340. The molecule has 2 aromatic carbocycles. The van der Waals surface area contributed by atoms with Crippen LogP contribution in [-0.4, -0.2) is 5.91 Å². The number of hydrogen-bond donors (Lipinski definition) is 1. The summed E-state index contributed by atoms with van der Waals surface area (Å²) in [6.45, 7) is 1.94. The van der Waals surface area contributed by atoms with Gasteiger partial charge in [0.25, 0.3) is 0 Å². The van der Waals surface area contributed by atoms with Gasteiger partial charge in [-0.05, 0) is 42.7 Å². The number of halogens is 3. The van der Waals surface area contributed by atoms with E-state index in [0.29, 0.717) is 10.6 Å². The summed E-state index contributed by atoms with van der Waals surface area (Å²) in [7, 11) is 0. The molecule has 2 nitrogen and oxygen atoms in total. The highest BCUT2D eigenvalue weighted by atomic mass is 32.2. The Kier molecular flexibility index (Phi) is 5.50. The quantitative estimate of drug-likeness (QED) is 0.609. The molecule has 120 valence electrons. The van der Waals surface area contributed by atoms with E-state index in [1.54, 1.807) is 18.2 Å². The van der Waals surface area contributed by atoms with E-state index in [9.17, 15) is 18.0 Å². The highest BCUT2D eigenvalue weighted by Crippen LogP contribution is 2.32. The SMILES string of the molecule is Cc1ccc(NC(=O)C=CSc2cccc(C(F)(F)F)c2)cc1. The summed E-state index contributed by atoms with van der Waals surface area (Å²) in [4.78, 5) is 12.1. The van der Waals surface area contributed by atoms with E-state index in [2.05, 4.69) is 5.32 Å². The molecule has 1 amide bonds. The van der Waals surface area contributed by atoms with E-state index >= 15 is 0 Å². The van der Waals surface area contributed by atoms with E-state index in [1.165, 1.54) is 17.6 Å². The van der Waals surface area contributed by atoms with Crippen LogP contribution in [0.15, 0.2) is 64.9 Å². The minimum absolute atomic E-state index is 0.340. The highest BCUT2D eigenvalue weighted by molar-refractivity contribution is 8.02. The zero-order valence-corrected chi connectivity index (χ0v) is 13.0. The van der Waals surface area contributed by atoms with Crippen LogP contribution in [-0.2, 0) is 11.0 Å². The number of hydrogen-bond acceptors (Lipinski definition) is 2. The first-order valence-corrected chi connectivity index (χ1v) is 7.61. The Morgan fingerprint density at radius 2 is 1.83 bits per heavy atom. The van der Waals surface area contributed by atoms with Gasteiger partial charge in [-0.25, -0.2) is 0 Å². The molecule has 0 unspecified atom stereocenters. The first-order valence-electron chi connectivity index (χ1n) is 6.73.